The fourth-order valence-electron chi connectivity index (χ4n) is 2.28. The Bertz CT molecular complexity index is 374. The second-order valence-electron chi connectivity index (χ2n) is 4.77. The van der Waals surface area contributed by atoms with Gasteiger partial charge in [-0.1, -0.05) is 30.3 Å². The predicted molar refractivity (Wildman–Crippen MR) is 72.3 cm³/mol. The lowest BCUT2D eigenvalue weighted by molar-refractivity contribution is 0.204. The number of hydrogen-bond acceptors (Lipinski definition) is 2. The van der Waals surface area contributed by atoms with Crippen LogP contribution in [0.25, 0.3) is 0 Å². The summed E-state index contributed by atoms with van der Waals surface area (Å²) in [4.78, 5) is 13.8. The minimum absolute atomic E-state index is 0.0144. The number of nitrogens with two attached hydrogens (primary N) is 1. The third kappa shape index (κ3) is 3.47. The summed E-state index contributed by atoms with van der Waals surface area (Å²) in [6.07, 6.45) is 3.01. The SMILES string of the molecule is NCC(Cc1ccccc1)NC(=O)N1CCCC1. The van der Waals surface area contributed by atoms with Gasteiger partial charge < -0.3 is 16.0 Å². The second-order valence-corrected chi connectivity index (χ2v) is 4.77. The van der Waals surface area contributed by atoms with Crippen LogP contribution in [0, 0.1) is 0 Å². The Morgan fingerprint density at radius 1 is 1.28 bits per heavy atom. The summed E-state index contributed by atoms with van der Waals surface area (Å²) in [5.41, 5.74) is 6.94. The lowest BCUT2D eigenvalue weighted by Gasteiger charge is -2.22. The molecule has 1 fully saturated rings. The Morgan fingerprint density at radius 2 is 1.94 bits per heavy atom. The van der Waals surface area contributed by atoms with Gasteiger partial charge in [-0.15, -0.1) is 0 Å². The van der Waals surface area contributed by atoms with Gasteiger partial charge in [-0.25, -0.2) is 4.79 Å². The highest BCUT2D eigenvalue weighted by Gasteiger charge is 2.20. The van der Waals surface area contributed by atoms with Crippen LogP contribution in [0.4, 0.5) is 4.79 Å². The first-order valence-electron chi connectivity index (χ1n) is 6.59. The van der Waals surface area contributed by atoms with E-state index in [1.807, 2.05) is 23.1 Å². The Balaban J connectivity index is 1.87. The summed E-state index contributed by atoms with van der Waals surface area (Å²) in [6.45, 7) is 2.21. The molecule has 0 aliphatic carbocycles. The van der Waals surface area contributed by atoms with Crippen LogP contribution in [0.2, 0.25) is 0 Å². The van der Waals surface area contributed by atoms with Crippen LogP contribution in [0.1, 0.15) is 18.4 Å². The zero-order chi connectivity index (χ0) is 12.8. The first kappa shape index (κ1) is 12.9. The Morgan fingerprint density at radius 3 is 2.56 bits per heavy atom. The smallest absolute Gasteiger partial charge is 0.317 e. The summed E-state index contributed by atoms with van der Waals surface area (Å²) < 4.78 is 0. The number of carbonyl (C=O) groups excluding carboxylic acids is 1. The topological polar surface area (TPSA) is 58.4 Å². The number of rotatable bonds is 4. The number of benzene rings is 1. The van der Waals surface area contributed by atoms with Crippen LogP contribution in [0.5, 0.6) is 0 Å². The monoisotopic (exact) mass is 247 g/mol. The van der Waals surface area contributed by atoms with Crippen molar-refractivity contribution in [3.05, 3.63) is 35.9 Å². The number of amides is 2. The summed E-state index contributed by atoms with van der Waals surface area (Å²) in [5, 5.41) is 3.02. The third-order valence-corrected chi connectivity index (χ3v) is 3.33. The molecule has 4 heteroatoms. The molecule has 1 aliphatic heterocycles. The van der Waals surface area contributed by atoms with Crippen LogP contribution >= 0.6 is 0 Å². The normalized spacial score (nSPS) is 16.6. The van der Waals surface area contributed by atoms with Gasteiger partial charge in [-0.3, -0.25) is 0 Å². The molecule has 3 N–H and O–H groups in total. The highest BCUT2D eigenvalue weighted by molar-refractivity contribution is 5.74. The molecule has 0 spiro atoms. The van der Waals surface area contributed by atoms with Crippen molar-refractivity contribution in [2.24, 2.45) is 5.73 Å². The van der Waals surface area contributed by atoms with Gasteiger partial charge in [-0.2, -0.15) is 0 Å². The Labute approximate surface area is 108 Å². The van der Waals surface area contributed by atoms with Crippen molar-refractivity contribution >= 4 is 6.03 Å². The van der Waals surface area contributed by atoms with E-state index < -0.39 is 0 Å². The minimum Gasteiger partial charge on any atom is -0.334 e. The molecule has 1 heterocycles. The lowest BCUT2D eigenvalue weighted by Crippen LogP contribution is -2.47. The van der Waals surface area contributed by atoms with Gasteiger partial charge in [0.2, 0.25) is 0 Å². The highest BCUT2D eigenvalue weighted by atomic mass is 16.2. The Kier molecular flexibility index (Phi) is 4.59. The summed E-state index contributed by atoms with van der Waals surface area (Å²) >= 11 is 0. The van der Waals surface area contributed by atoms with Gasteiger partial charge in [-0.05, 0) is 24.8 Å². The molecule has 2 amide bonds. The molecule has 0 radical (unpaired) electrons. The zero-order valence-corrected chi connectivity index (χ0v) is 10.6. The largest absolute Gasteiger partial charge is 0.334 e. The van der Waals surface area contributed by atoms with Gasteiger partial charge >= 0.3 is 6.03 Å². The maximum Gasteiger partial charge on any atom is 0.317 e. The molecule has 1 unspecified atom stereocenters. The lowest BCUT2D eigenvalue weighted by atomic mass is 10.1. The molecule has 18 heavy (non-hydrogen) atoms. The summed E-state index contributed by atoms with van der Waals surface area (Å²) in [6, 6.07) is 10.2. The fraction of sp³-hybridized carbons (Fsp3) is 0.500. The molecular weight excluding hydrogens is 226 g/mol. The molecular formula is C14H21N3O. The van der Waals surface area contributed by atoms with E-state index in [1.54, 1.807) is 0 Å². The molecule has 1 aromatic rings. The maximum atomic E-state index is 12.0. The first-order valence-corrected chi connectivity index (χ1v) is 6.59. The van der Waals surface area contributed by atoms with Crippen LogP contribution in [-0.2, 0) is 6.42 Å². The van der Waals surface area contributed by atoms with Crippen LogP contribution < -0.4 is 11.1 Å². The van der Waals surface area contributed by atoms with Crippen molar-refractivity contribution in [1.82, 2.24) is 10.2 Å². The van der Waals surface area contributed by atoms with Gasteiger partial charge in [0.1, 0.15) is 0 Å². The van der Waals surface area contributed by atoms with Gasteiger partial charge in [0.05, 0.1) is 0 Å². The molecule has 1 saturated heterocycles. The van der Waals surface area contributed by atoms with Crippen LogP contribution in [0.3, 0.4) is 0 Å². The number of nitrogens with zero attached hydrogens (tertiary/aromatic N) is 1. The molecule has 1 aromatic carbocycles. The van der Waals surface area contributed by atoms with Crippen molar-refractivity contribution in [2.45, 2.75) is 25.3 Å². The first-order chi connectivity index (χ1) is 8.79. The average molecular weight is 247 g/mol. The van der Waals surface area contributed by atoms with E-state index in [9.17, 15) is 4.79 Å². The third-order valence-electron chi connectivity index (χ3n) is 3.33. The van der Waals surface area contributed by atoms with Gasteiger partial charge in [0.15, 0.2) is 0 Å². The average Bonchev–Trinajstić information content (AvgIpc) is 2.93. The highest BCUT2D eigenvalue weighted by Crippen LogP contribution is 2.08. The van der Waals surface area contributed by atoms with Gasteiger partial charge in [0, 0.05) is 25.7 Å². The van der Waals surface area contributed by atoms with Crippen molar-refractivity contribution < 1.29 is 4.79 Å². The van der Waals surface area contributed by atoms with E-state index in [0.717, 1.165) is 32.4 Å². The van der Waals surface area contributed by atoms with E-state index in [-0.39, 0.29) is 12.1 Å². The summed E-state index contributed by atoms with van der Waals surface area (Å²) in [7, 11) is 0. The summed E-state index contributed by atoms with van der Waals surface area (Å²) in [5.74, 6) is 0. The van der Waals surface area contributed by atoms with Crippen LogP contribution in [0.15, 0.2) is 30.3 Å². The van der Waals surface area contributed by atoms with Gasteiger partial charge in [0.25, 0.3) is 0 Å². The van der Waals surface area contributed by atoms with Crippen LogP contribution in [-0.4, -0.2) is 36.6 Å². The predicted octanol–water partition coefficient (Wildman–Crippen LogP) is 1.36. The second kappa shape index (κ2) is 6.40. The number of carbonyl (C=O) groups is 1. The fourth-order valence-corrected chi connectivity index (χ4v) is 2.28. The molecule has 0 saturated carbocycles. The van der Waals surface area contributed by atoms with E-state index in [0.29, 0.717) is 6.54 Å². The van der Waals surface area contributed by atoms with Crippen molar-refractivity contribution in [1.29, 1.82) is 0 Å². The van der Waals surface area contributed by atoms with Crippen molar-refractivity contribution in [3.63, 3.8) is 0 Å². The molecule has 2 rings (SSSR count). The molecule has 1 atom stereocenters. The number of urea groups is 1. The maximum absolute atomic E-state index is 12.0. The number of hydrogen-bond donors (Lipinski definition) is 2. The molecule has 1 aliphatic rings. The number of likely N-dealkylation sites (tertiary alicyclic amines) is 1. The molecule has 4 nitrogen and oxygen atoms in total. The van der Waals surface area contributed by atoms with E-state index in [1.165, 1.54) is 5.56 Å². The quantitative estimate of drug-likeness (QED) is 0.844. The molecule has 98 valence electrons. The standard InChI is InChI=1S/C14H21N3O/c15-11-13(10-12-6-2-1-3-7-12)16-14(18)17-8-4-5-9-17/h1-3,6-7,13H,4-5,8-11,15H2,(H,16,18). The molecule has 0 bridgehead atoms. The zero-order valence-electron chi connectivity index (χ0n) is 10.6. The van der Waals surface area contributed by atoms with Crippen molar-refractivity contribution in [3.8, 4) is 0 Å². The van der Waals surface area contributed by atoms with E-state index in [2.05, 4.69) is 17.4 Å². The van der Waals surface area contributed by atoms with Crippen molar-refractivity contribution in [2.75, 3.05) is 19.6 Å². The van der Waals surface area contributed by atoms with E-state index >= 15 is 0 Å². The van der Waals surface area contributed by atoms with E-state index in [4.69, 9.17) is 5.73 Å². The minimum atomic E-state index is 0.0144. The molecule has 0 aromatic heterocycles. The Hall–Kier alpha value is -1.55. The number of nitrogens with one attached hydrogen (secondary N) is 1.